The molecule has 0 saturated heterocycles. The average Bonchev–Trinajstić information content (AvgIpc) is 1.83. The molecule has 0 unspecified atom stereocenters. The van der Waals surface area contributed by atoms with Crippen molar-refractivity contribution in [3.8, 4) is 0 Å². The van der Waals surface area contributed by atoms with E-state index in [1.165, 1.54) is 0 Å². The van der Waals surface area contributed by atoms with E-state index in [9.17, 15) is 4.79 Å². The largest absolute Gasteiger partial charge is 0.387 e. The van der Waals surface area contributed by atoms with E-state index in [2.05, 4.69) is 4.99 Å². The van der Waals surface area contributed by atoms with Crippen LogP contribution in [0.15, 0.2) is 4.99 Å². The lowest BCUT2D eigenvalue weighted by molar-refractivity contribution is -0.118. The van der Waals surface area contributed by atoms with Crippen LogP contribution >= 0.6 is 0 Å². The van der Waals surface area contributed by atoms with Crippen molar-refractivity contribution in [2.45, 2.75) is 39.2 Å². The van der Waals surface area contributed by atoms with E-state index in [0.29, 0.717) is 12.3 Å². The van der Waals surface area contributed by atoms with E-state index in [-0.39, 0.29) is 12.3 Å². The van der Waals surface area contributed by atoms with Gasteiger partial charge in [0.2, 0.25) is 5.91 Å². The van der Waals surface area contributed by atoms with Crippen molar-refractivity contribution >= 4 is 11.7 Å². The Balaban J connectivity index is 4.30. The molecular formula is C8H17N3O. The maximum atomic E-state index is 10.6. The summed E-state index contributed by atoms with van der Waals surface area (Å²) in [5.41, 5.74) is 10.1. The van der Waals surface area contributed by atoms with Gasteiger partial charge in [0.05, 0.1) is 17.8 Å². The Morgan fingerprint density at radius 2 is 1.92 bits per heavy atom. The molecule has 0 aliphatic heterocycles. The number of nitrogens with zero attached hydrogens (tertiary/aromatic N) is 1. The normalized spacial score (nSPS) is 13.1. The van der Waals surface area contributed by atoms with Crippen LogP contribution < -0.4 is 11.5 Å². The van der Waals surface area contributed by atoms with Gasteiger partial charge in [0.15, 0.2) is 0 Å². The SMILES string of the molecule is CCC(N)=NC(C)(C)CC(N)=O. The van der Waals surface area contributed by atoms with Crippen LogP contribution in [0.3, 0.4) is 0 Å². The first-order valence-electron chi connectivity index (χ1n) is 4.00. The number of hydrogen-bond donors (Lipinski definition) is 2. The molecule has 0 heterocycles. The van der Waals surface area contributed by atoms with Crippen molar-refractivity contribution in [3.63, 3.8) is 0 Å². The Bertz CT molecular complexity index is 196. The summed E-state index contributed by atoms with van der Waals surface area (Å²) in [5.74, 6) is 0.203. The van der Waals surface area contributed by atoms with Crippen LogP contribution in [0.1, 0.15) is 33.6 Å². The fourth-order valence-corrected chi connectivity index (χ4v) is 0.934. The van der Waals surface area contributed by atoms with Crippen LogP contribution in [-0.2, 0) is 4.79 Å². The lowest BCUT2D eigenvalue weighted by atomic mass is 10.0. The molecule has 0 spiro atoms. The molecule has 4 heteroatoms. The summed E-state index contributed by atoms with van der Waals surface area (Å²) in [6.07, 6.45) is 0.926. The highest BCUT2D eigenvalue weighted by molar-refractivity contribution is 5.81. The first kappa shape index (κ1) is 10.9. The summed E-state index contributed by atoms with van der Waals surface area (Å²) in [5, 5.41) is 0. The van der Waals surface area contributed by atoms with E-state index < -0.39 is 5.54 Å². The number of rotatable bonds is 4. The number of carbonyl (C=O) groups excluding carboxylic acids is 1. The van der Waals surface area contributed by atoms with Crippen LogP contribution in [-0.4, -0.2) is 17.3 Å². The standard InChI is InChI=1S/C8H17N3O/c1-4-6(9)11-8(2,3)5-7(10)12/h4-5H2,1-3H3,(H2,9,11)(H2,10,12). The Morgan fingerprint density at radius 3 is 2.25 bits per heavy atom. The molecule has 12 heavy (non-hydrogen) atoms. The van der Waals surface area contributed by atoms with Crippen molar-refractivity contribution in [2.24, 2.45) is 16.5 Å². The molecule has 0 atom stereocenters. The van der Waals surface area contributed by atoms with E-state index in [1.54, 1.807) is 0 Å². The molecule has 0 aliphatic carbocycles. The molecule has 0 bridgehead atoms. The summed E-state index contributed by atoms with van der Waals surface area (Å²) >= 11 is 0. The van der Waals surface area contributed by atoms with Gasteiger partial charge in [0, 0.05) is 6.42 Å². The summed E-state index contributed by atoms with van der Waals surface area (Å²) < 4.78 is 0. The third-order valence-corrected chi connectivity index (χ3v) is 1.42. The molecule has 4 N–H and O–H groups in total. The van der Waals surface area contributed by atoms with Crippen LogP contribution in [0, 0.1) is 0 Å². The highest BCUT2D eigenvalue weighted by Crippen LogP contribution is 2.13. The average molecular weight is 171 g/mol. The molecule has 70 valence electrons. The lowest BCUT2D eigenvalue weighted by Gasteiger charge is -2.18. The van der Waals surface area contributed by atoms with Gasteiger partial charge >= 0.3 is 0 Å². The van der Waals surface area contributed by atoms with E-state index in [0.717, 1.165) is 0 Å². The summed E-state index contributed by atoms with van der Waals surface area (Å²) in [7, 11) is 0. The minimum Gasteiger partial charge on any atom is -0.387 e. The van der Waals surface area contributed by atoms with Gasteiger partial charge in [-0.2, -0.15) is 0 Å². The third-order valence-electron chi connectivity index (χ3n) is 1.42. The zero-order valence-corrected chi connectivity index (χ0v) is 7.92. The van der Waals surface area contributed by atoms with Crippen LogP contribution in [0.25, 0.3) is 0 Å². The van der Waals surface area contributed by atoms with Crippen molar-refractivity contribution in [3.05, 3.63) is 0 Å². The number of primary amides is 1. The summed E-state index contributed by atoms with van der Waals surface area (Å²) in [6, 6.07) is 0. The van der Waals surface area contributed by atoms with Crippen molar-refractivity contribution in [2.75, 3.05) is 0 Å². The first-order valence-corrected chi connectivity index (χ1v) is 4.00. The van der Waals surface area contributed by atoms with Gasteiger partial charge in [0.1, 0.15) is 0 Å². The molecular weight excluding hydrogens is 154 g/mol. The number of amidine groups is 1. The zero-order chi connectivity index (χ0) is 9.78. The monoisotopic (exact) mass is 171 g/mol. The predicted molar refractivity (Wildman–Crippen MR) is 49.8 cm³/mol. The number of hydrogen-bond acceptors (Lipinski definition) is 2. The predicted octanol–water partition coefficient (Wildman–Crippen LogP) is 0.408. The smallest absolute Gasteiger partial charge is 0.219 e. The van der Waals surface area contributed by atoms with Gasteiger partial charge in [-0.25, -0.2) is 0 Å². The second-order valence-corrected chi connectivity index (χ2v) is 3.41. The van der Waals surface area contributed by atoms with Gasteiger partial charge in [-0.05, 0) is 13.8 Å². The molecule has 0 aromatic heterocycles. The zero-order valence-electron chi connectivity index (χ0n) is 7.92. The molecule has 0 saturated carbocycles. The number of amides is 1. The highest BCUT2D eigenvalue weighted by atomic mass is 16.1. The fraction of sp³-hybridized carbons (Fsp3) is 0.750. The molecule has 0 rings (SSSR count). The minimum atomic E-state index is -0.466. The van der Waals surface area contributed by atoms with Crippen molar-refractivity contribution in [1.82, 2.24) is 0 Å². The number of nitrogens with two attached hydrogens (primary N) is 2. The van der Waals surface area contributed by atoms with Crippen molar-refractivity contribution in [1.29, 1.82) is 0 Å². The molecule has 4 nitrogen and oxygen atoms in total. The Kier molecular flexibility index (Phi) is 3.73. The van der Waals surface area contributed by atoms with E-state index >= 15 is 0 Å². The van der Waals surface area contributed by atoms with Gasteiger partial charge in [0.25, 0.3) is 0 Å². The van der Waals surface area contributed by atoms with Crippen LogP contribution in [0.5, 0.6) is 0 Å². The van der Waals surface area contributed by atoms with Crippen LogP contribution in [0.2, 0.25) is 0 Å². The Morgan fingerprint density at radius 1 is 1.42 bits per heavy atom. The highest BCUT2D eigenvalue weighted by Gasteiger charge is 2.19. The lowest BCUT2D eigenvalue weighted by Crippen LogP contribution is -2.29. The van der Waals surface area contributed by atoms with Gasteiger partial charge in [-0.1, -0.05) is 6.92 Å². The Labute approximate surface area is 73.0 Å². The van der Waals surface area contributed by atoms with Gasteiger partial charge in [-0.3, -0.25) is 9.79 Å². The third kappa shape index (κ3) is 4.71. The second kappa shape index (κ2) is 4.09. The van der Waals surface area contributed by atoms with E-state index in [4.69, 9.17) is 11.5 Å². The van der Waals surface area contributed by atoms with E-state index in [1.807, 2.05) is 20.8 Å². The van der Waals surface area contributed by atoms with Gasteiger partial charge in [-0.15, -0.1) is 0 Å². The molecule has 0 radical (unpaired) electrons. The second-order valence-electron chi connectivity index (χ2n) is 3.41. The maximum absolute atomic E-state index is 10.6. The quantitative estimate of drug-likeness (QED) is 0.474. The fourth-order valence-electron chi connectivity index (χ4n) is 0.934. The summed E-state index contributed by atoms with van der Waals surface area (Å²) in [6.45, 7) is 5.58. The molecule has 0 fully saturated rings. The minimum absolute atomic E-state index is 0.230. The van der Waals surface area contributed by atoms with Crippen LogP contribution in [0.4, 0.5) is 0 Å². The molecule has 1 amide bonds. The maximum Gasteiger partial charge on any atom is 0.219 e. The Hall–Kier alpha value is -1.06. The topological polar surface area (TPSA) is 81.5 Å². The number of aliphatic imine (C=N–C) groups is 1. The molecule has 0 aromatic rings. The molecule has 0 aliphatic rings. The number of carbonyl (C=O) groups is 1. The molecule has 0 aromatic carbocycles. The van der Waals surface area contributed by atoms with Crippen molar-refractivity contribution < 1.29 is 4.79 Å². The first-order chi connectivity index (χ1) is 5.37. The van der Waals surface area contributed by atoms with Gasteiger partial charge < -0.3 is 11.5 Å². The summed E-state index contributed by atoms with van der Waals surface area (Å²) in [4.78, 5) is 14.8.